The Kier molecular flexibility index (Phi) is 4.49. The van der Waals surface area contributed by atoms with Gasteiger partial charge in [-0.2, -0.15) is 5.10 Å². The highest BCUT2D eigenvalue weighted by Gasteiger charge is 2.19. The Balaban J connectivity index is 1.75. The van der Waals surface area contributed by atoms with Gasteiger partial charge in [0.1, 0.15) is 5.69 Å². The molecule has 1 aliphatic carbocycles. The van der Waals surface area contributed by atoms with Gasteiger partial charge in [-0.05, 0) is 42.9 Å². The maximum atomic E-state index is 6.36. The fourth-order valence-corrected chi connectivity index (χ4v) is 3.55. The van der Waals surface area contributed by atoms with Crippen molar-refractivity contribution >= 4 is 17.3 Å². The number of halogens is 1. The summed E-state index contributed by atoms with van der Waals surface area (Å²) in [5, 5.41) is 8.62. The van der Waals surface area contributed by atoms with Crippen LogP contribution in [0.15, 0.2) is 36.7 Å². The third kappa shape index (κ3) is 3.41. The lowest BCUT2D eigenvalue weighted by Gasteiger charge is -2.27. The van der Waals surface area contributed by atoms with Crippen molar-refractivity contribution in [1.82, 2.24) is 9.78 Å². The van der Waals surface area contributed by atoms with Gasteiger partial charge >= 0.3 is 0 Å². The quantitative estimate of drug-likeness (QED) is 0.882. The van der Waals surface area contributed by atoms with Gasteiger partial charge in [-0.15, -0.1) is 0 Å². The second kappa shape index (κ2) is 6.52. The molecule has 112 valence electrons. The monoisotopic (exact) mass is 303 g/mol. The summed E-state index contributed by atoms with van der Waals surface area (Å²) in [7, 11) is 0. The Morgan fingerprint density at radius 1 is 1.33 bits per heavy atom. The molecule has 2 unspecified atom stereocenters. The zero-order valence-electron chi connectivity index (χ0n) is 12.4. The summed E-state index contributed by atoms with van der Waals surface area (Å²) in [5.74, 6) is 1.62. The normalized spacial score (nSPS) is 22.2. The summed E-state index contributed by atoms with van der Waals surface area (Å²) >= 11 is 6.36. The summed E-state index contributed by atoms with van der Waals surface area (Å²) in [4.78, 5) is 0. The Bertz CT molecular complexity index is 580. The second-order valence-electron chi connectivity index (χ2n) is 6.11. The summed E-state index contributed by atoms with van der Waals surface area (Å²) in [6.07, 6.45) is 9.09. The molecule has 1 fully saturated rings. The predicted octanol–water partition coefficient (Wildman–Crippen LogP) is 4.76. The molecule has 0 aliphatic heterocycles. The van der Waals surface area contributed by atoms with Crippen molar-refractivity contribution < 1.29 is 0 Å². The molecular formula is C17H22ClN3. The fourth-order valence-electron chi connectivity index (χ4n) is 3.29. The van der Waals surface area contributed by atoms with Gasteiger partial charge in [0.25, 0.3) is 0 Å². The average molecular weight is 304 g/mol. The van der Waals surface area contributed by atoms with E-state index in [1.54, 1.807) is 6.20 Å². The molecule has 1 aliphatic rings. The molecule has 21 heavy (non-hydrogen) atoms. The average Bonchev–Trinajstić information content (AvgIpc) is 2.99. The van der Waals surface area contributed by atoms with Crippen molar-refractivity contribution in [2.75, 3.05) is 11.9 Å². The number of nitrogens with one attached hydrogen (secondary N) is 1. The Morgan fingerprint density at radius 2 is 2.24 bits per heavy atom. The van der Waals surface area contributed by atoms with Crippen LogP contribution in [0.2, 0.25) is 5.02 Å². The van der Waals surface area contributed by atoms with Crippen LogP contribution in [0, 0.1) is 11.8 Å². The van der Waals surface area contributed by atoms with Crippen molar-refractivity contribution in [3.05, 3.63) is 41.7 Å². The molecule has 4 heteroatoms. The van der Waals surface area contributed by atoms with E-state index in [9.17, 15) is 0 Å². The minimum absolute atomic E-state index is 0.723. The van der Waals surface area contributed by atoms with Crippen LogP contribution in [0.25, 0.3) is 5.69 Å². The molecule has 1 aromatic carbocycles. The van der Waals surface area contributed by atoms with Gasteiger partial charge in [0, 0.05) is 18.9 Å². The van der Waals surface area contributed by atoms with Gasteiger partial charge in [-0.1, -0.05) is 37.4 Å². The largest absolute Gasteiger partial charge is 0.383 e. The van der Waals surface area contributed by atoms with Gasteiger partial charge in [0.05, 0.1) is 10.7 Å². The number of anilines is 1. The number of hydrogen-bond acceptors (Lipinski definition) is 2. The first kappa shape index (κ1) is 14.5. The van der Waals surface area contributed by atoms with E-state index < -0.39 is 0 Å². The van der Waals surface area contributed by atoms with Gasteiger partial charge in [0.15, 0.2) is 0 Å². The molecule has 3 rings (SSSR count). The van der Waals surface area contributed by atoms with E-state index in [0.29, 0.717) is 0 Å². The van der Waals surface area contributed by atoms with E-state index >= 15 is 0 Å². The number of hydrogen-bond donors (Lipinski definition) is 1. The number of aromatic nitrogens is 2. The van der Waals surface area contributed by atoms with Crippen LogP contribution in [-0.2, 0) is 0 Å². The number of nitrogens with zero attached hydrogens (tertiary/aromatic N) is 2. The topological polar surface area (TPSA) is 29.9 Å². The summed E-state index contributed by atoms with van der Waals surface area (Å²) < 4.78 is 1.83. The number of benzene rings is 1. The predicted molar refractivity (Wildman–Crippen MR) is 88.2 cm³/mol. The Hall–Kier alpha value is -1.48. The molecule has 1 heterocycles. The fraction of sp³-hybridized carbons (Fsp3) is 0.471. The van der Waals surface area contributed by atoms with Crippen LogP contribution in [0.3, 0.4) is 0 Å². The van der Waals surface area contributed by atoms with Crippen molar-refractivity contribution in [2.24, 2.45) is 11.8 Å². The first-order valence-electron chi connectivity index (χ1n) is 7.76. The van der Waals surface area contributed by atoms with Crippen LogP contribution in [-0.4, -0.2) is 16.3 Å². The van der Waals surface area contributed by atoms with Crippen LogP contribution in [0.5, 0.6) is 0 Å². The molecule has 0 spiro atoms. The molecule has 1 N–H and O–H groups in total. The number of para-hydroxylation sites is 1. The van der Waals surface area contributed by atoms with Crippen LogP contribution < -0.4 is 5.32 Å². The summed E-state index contributed by atoms with van der Waals surface area (Å²) in [5.41, 5.74) is 2.00. The highest BCUT2D eigenvalue weighted by Crippen LogP contribution is 2.31. The van der Waals surface area contributed by atoms with Gasteiger partial charge in [-0.25, -0.2) is 4.68 Å². The second-order valence-corrected chi connectivity index (χ2v) is 6.51. The minimum atomic E-state index is 0.723. The Labute approximate surface area is 131 Å². The lowest BCUT2D eigenvalue weighted by molar-refractivity contribution is 0.293. The van der Waals surface area contributed by atoms with Crippen molar-refractivity contribution in [2.45, 2.75) is 32.6 Å². The third-order valence-electron chi connectivity index (χ3n) is 4.35. The van der Waals surface area contributed by atoms with Crippen molar-refractivity contribution in [3.8, 4) is 5.69 Å². The first-order chi connectivity index (χ1) is 10.2. The maximum absolute atomic E-state index is 6.36. The zero-order valence-corrected chi connectivity index (χ0v) is 13.2. The lowest BCUT2D eigenvalue weighted by atomic mass is 9.82. The summed E-state index contributed by atoms with van der Waals surface area (Å²) in [6, 6.07) is 7.89. The van der Waals surface area contributed by atoms with E-state index in [2.05, 4.69) is 23.4 Å². The maximum Gasteiger partial charge on any atom is 0.106 e. The molecule has 1 aromatic heterocycles. The van der Waals surface area contributed by atoms with Gasteiger partial charge < -0.3 is 5.32 Å². The van der Waals surface area contributed by atoms with E-state index in [4.69, 9.17) is 11.6 Å². The smallest absolute Gasteiger partial charge is 0.106 e. The molecule has 2 aromatic rings. The zero-order chi connectivity index (χ0) is 14.7. The number of rotatable bonds is 4. The first-order valence-corrected chi connectivity index (χ1v) is 8.14. The van der Waals surface area contributed by atoms with Crippen molar-refractivity contribution in [3.63, 3.8) is 0 Å². The van der Waals surface area contributed by atoms with E-state index in [-0.39, 0.29) is 0 Å². The SMILES string of the molecule is CC1CCCC(CNc2cccc(Cl)c2-n2cccn2)C1. The van der Waals surface area contributed by atoms with Gasteiger partial charge in [0.2, 0.25) is 0 Å². The summed E-state index contributed by atoms with van der Waals surface area (Å²) in [6.45, 7) is 3.37. The molecule has 0 saturated heterocycles. The molecule has 0 radical (unpaired) electrons. The van der Waals surface area contributed by atoms with E-state index in [1.165, 1.54) is 25.7 Å². The molecule has 3 nitrogen and oxygen atoms in total. The highest BCUT2D eigenvalue weighted by atomic mass is 35.5. The Morgan fingerprint density at radius 3 is 3.00 bits per heavy atom. The molecule has 0 bridgehead atoms. The molecule has 2 atom stereocenters. The van der Waals surface area contributed by atoms with Crippen LogP contribution in [0.1, 0.15) is 32.6 Å². The standard InChI is InChI=1S/C17H22ClN3/c1-13-5-2-6-14(11-13)12-19-16-8-3-7-15(18)17(16)21-10-4-9-20-21/h3-4,7-10,13-14,19H,2,5-6,11-12H2,1H3. The third-order valence-corrected chi connectivity index (χ3v) is 4.65. The van der Waals surface area contributed by atoms with E-state index in [0.717, 1.165) is 34.8 Å². The molecular weight excluding hydrogens is 282 g/mol. The van der Waals surface area contributed by atoms with Crippen LogP contribution in [0.4, 0.5) is 5.69 Å². The highest BCUT2D eigenvalue weighted by molar-refractivity contribution is 6.33. The molecule has 1 saturated carbocycles. The van der Waals surface area contributed by atoms with E-state index in [1.807, 2.05) is 29.1 Å². The lowest BCUT2D eigenvalue weighted by Crippen LogP contribution is -2.21. The van der Waals surface area contributed by atoms with Gasteiger partial charge in [-0.3, -0.25) is 0 Å². The molecule has 0 amide bonds. The van der Waals surface area contributed by atoms with Crippen molar-refractivity contribution in [1.29, 1.82) is 0 Å². The minimum Gasteiger partial charge on any atom is -0.383 e. The van der Waals surface area contributed by atoms with Crippen LogP contribution >= 0.6 is 11.6 Å².